The largest absolute Gasteiger partial charge is 0.493 e. The predicted molar refractivity (Wildman–Crippen MR) is 99.5 cm³/mol. The van der Waals surface area contributed by atoms with Crippen LogP contribution in [-0.4, -0.2) is 29.1 Å². The Bertz CT molecular complexity index is 1040. The van der Waals surface area contributed by atoms with Gasteiger partial charge in [0.1, 0.15) is 12.3 Å². The molecule has 0 radical (unpaired) electrons. The number of carbonyl (C=O) groups excluding carboxylic acids is 1. The van der Waals surface area contributed by atoms with Crippen LogP contribution in [-0.2, 0) is 11.3 Å². The molecule has 7 nitrogen and oxygen atoms in total. The van der Waals surface area contributed by atoms with Crippen molar-refractivity contribution in [1.82, 2.24) is 9.38 Å². The quantitative estimate of drug-likeness (QED) is 0.623. The Hall–Kier alpha value is -3.35. The molecule has 1 aromatic carbocycles. The maximum absolute atomic E-state index is 12.3. The van der Waals surface area contributed by atoms with Gasteiger partial charge in [0, 0.05) is 12.3 Å². The summed E-state index contributed by atoms with van der Waals surface area (Å²) in [6, 6.07) is 9.78. The van der Waals surface area contributed by atoms with Crippen LogP contribution in [0.2, 0.25) is 0 Å². The molecular weight excluding hydrogens is 348 g/mol. The van der Waals surface area contributed by atoms with Gasteiger partial charge in [0.2, 0.25) is 0 Å². The molecule has 3 rings (SSSR count). The molecule has 0 aliphatic rings. The van der Waals surface area contributed by atoms with Crippen LogP contribution in [0, 0.1) is 6.92 Å². The van der Waals surface area contributed by atoms with Crippen LogP contribution in [0.15, 0.2) is 47.4 Å². The van der Waals surface area contributed by atoms with Crippen molar-refractivity contribution in [3.63, 3.8) is 0 Å². The van der Waals surface area contributed by atoms with Gasteiger partial charge < -0.3 is 14.2 Å². The summed E-state index contributed by atoms with van der Waals surface area (Å²) in [6.45, 7) is 4.08. The van der Waals surface area contributed by atoms with Crippen LogP contribution in [0.5, 0.6) is 11.5 Å². The SMILES string of the molecule is CCOc1cc(C(=O)OCc2cc(=O)n3cc(C)ccc3n2)ccc1OC. The van der Waals surface area contributed by atoms with Gasteiger partial charge >= 0.3 is 5.97 Å². The number of ether oxygens (including phenoxy) is 3. The smallest absolute Gasteiger partial charge is 0.338 e. The van der Waals surface area contributed by atoms with E-state index in [4.69, 9.17) is 14.2 Å². The number of fused-ring (bicyclic) bond motifs is 1. The molecule has 0 saturated heterocycles. The van der Waals surface area contributed by atoms with Gasteiger partial charge in [0.25, 0.3) is 5.56 Å². The molecule has 0 aliphatic heterocycles. The summed E-state index contributed by atoms with van der Waals surface area (Å²) in [4.78, 5) is 28.9. The second-order valence-corrected chi connectivity index (χ2v) is 5.90. The van der Waals surface area contributed by atoms with Crippen molar-refractivity contribution in [2.75, 3.05) is 13.7 Å². The molecule has 140 valence electrons. The minimum absolute atomic E-state index is 0.103. The number of pyridine rings is 1. The number of nitrogens with zero attached hydrogens (tertiary/aromatic N) is 2. The van der Waals surface area contributed by atoms with Crippen molar-refractivity contribution >= 4 is 11.6 Å². The van der Waals surface area contributed by atoms with Gasteiger partial charge in [0.05, 0.1) is 25.0 Å². The average molecular weight is 368 g/mol. The molecular formula is C20H20N2O5. The third-order valence-electron chi connectivity index (χ3n) is 3.91. The molecule has 0 bridgehead atoms. The van der Waals surface area contributed by atoms with Gasteiger partial charge in [-0.2, -0.15) is 0 Å². The zero-order valence-corrected chi connectivity index (χ0v) is 15.4. The molecule has 0 unspecified atom stereocenters. The Morgan fingerprint density at radius 2 is 1.96 bits per heavy atom. The van der Waals surface area contributed by atoms with E-state index in [0.29, 0.717) is 35.0 Å². The Balaban J connectivity index is 1.77. The van der Waals surface area contributed by atoms with E-state index in [1.807, 2.05) is 19.9 Å². The highest BCUT2D eigenvalue weighted by Crippen LogP contribution is 2.28. The van der Waals surface area contributed by atoms with Crippen molar-refractivity contribution in [3.05, 3.63) is 69.8 Å². The molecule has 27 heavy (non-hydrogen) atoms. The molecule has 7 heteroatoms. The lowest BCUT2D eigenvalue weighted by atomic mass is 10.2. The Morgan fingerprint density at radius 1 is 1.15 bits per heavy atom. The lowest BCUT2D eigenvalue weighted by Gasteiger charge is -2.11. The van der Waals surface area contributed by atoms with Crippen LogP contribution in [0.25, 0.3) is 5.65 Å². The standard InChI is InChI=1S/C20H20N2O5/c1-4-26-17-9-14(6-7-16(17)25-3)20(24)27-12-15-10-19(23)22-11-13(2)5-8-18(22)21-15/h5-11H,4,12H2,1-3H3. The third kappa shape index (κ3) is 4.08. The predicted octanol–water partition coefficient (Wildman–Crippen LogP) is 2.77. The summed E-state index contributed by atoms with van der Waals surface area (Å²) in [7, 11) is 1.53. The minimum atomic E-state index is -0.537. The molecule has 2 heterocycles. The van der Waals surface area contributed by atoms with Gasteiger partial charge in [-0.1, -0.05) is 6.07 Å². The lowest BCUT2D eigenvalue weighted by molar-refractivity contribution is 0.0467. The fourth-order valence-corrected chi connectivity index (χ4v) is 2.63. The molecule has 0 N–H and O–H groups in total. The van der Waals surface area contributed by atoms with Crippen molar-refractivity contribution in [2.45, 2.75) is 20.5 Å². The highest BCUT2D eigenvalue weighted by molar-refractivity contribution is 5.90. The zero-order chi connectivity index (χ0) is 19.4. The van der Waals surface area contributed by atoms with Crippen molar-refractivity contribution in [2.24, 2.45) is 0 Å². The Kier molecular flexibility index (Phi) is 5.40. The molecule has 3 aromatic rings. The summed E-state index contributed by atoms with van der Waals surface area (Å²) < 4.78 is 17.4. The maximum Gasteiger partial charge on any atom is 0.338 e. The number of methoxy groups -OCH3 is 1. The van der Waals surface area contributed by atoms with E-state index in [0.717, 1.165) is 5.56 Å². The monoisotopic (exact) mass is 368 g/mol. The first-order valence-electron chi connectivity index (χ1n) is 8.48. The van der Waals surface area contributed by atoms with E-state index in [1.54, 1.807) is 30.5 Å². The fraction of sp³-hybridized carbons (Fsp3) is 0.250. The highest BCUT2D eigenvalue weighted by atomic mass is 16.5. The molecule has 0 fully saturated rings. The van der Waals surface area contributed by atoms with E-state index in [-0.39, 0.29) is 12.2 Å². The van der Waals surface area contributed by atoms with Gasteiger partial charge in [-0.05, 0) is 43.7 Å². The third-order valence-corrected chi connectivity index (χ3v) is 3.91. The fourth-order valence-electron chi connectivity index (χ4n) is 2.63. The van der Waals surface area contributed by atoms with Gasteiger partial charge in [-0.3, -0.25) is 9.20 Å². The van der Waals surface area contributed by atoms with E-state index < -0.39 is 5.97 Å². The van der Waals surface area contributed by atoms with Crippen LogP contribution >= 0.6 is 0 Å². The first kappa shape index (κ1) is 18.4. The van der Waals surface area contributed by atoms with Crippen molar-refractivity contribution in [3.8, 4) is 11.5 Å². The Morgan fingerprint density at radius 3 is 2.70 bits per heavy atom. The van der Waals surface area contributed by atoms with Crippen LogP contribution in [0.4, 0.5) is 0 Å². The summed E-state index contributed by atoms with van der Waals surface area (Å²) in [6.07, 6.45) is 1.72. The van der Waals surface area contributed by atoms with E-state index >= 15 is 0 Å². The van der Waals surface area contributed by atoms with Gasteiger partial charge in [-0.25, -0.2) is 9.78 Å². The highest BCUT2D eigenvalue weighted by Gasteiger charge is 2.13. The normalized spacial score (nSPS) is 10.6. The van der Waals surface area contributed by atoms with Crippen LogP contribution < -0.4 is 15.0 Å². The molecule has 0 saturated carbocycles. The summed E-state index contributed by atoms with van der Waals surface area (Å²) in [5.41, 5.74) is 1.94. The lowest BCUT2D eigenvalue weighted by Crippen LogP contribution is -2.17. The number of carbonyl (C=O) groups is 1. The number of hydrogen-bond donors (Lipinski definition) is 0. The topological polar surface area (TPSA) is 79.1 Å². The molecule has 0 aliphatic carbocycles. The van der Waals surface area contributed by atoms with Gasteiger partial charge in [0.15, 0.2) is 11.5 Å². The van der Waals surface area contributed by atoms with Crippen molar-refractivity contribution in [1.29, 1.82) is 0 Å². The molecule has 0 spiro atoms. The summed E-state index contributed by atoms with van der Waals surface area (Å²) >= 11 is 0. The number of rotatable bonds is 6. The minimum Gasteiger partial charge on any atom is -0.493 e. The van der Waals surface area contributed by atoms with Crippen LogP contribution in [0.1, 0.15) is 28.5 Å². The zero-order valence-electron chi connectivity index (χ0n) is 15.4. The van der Waals surface area contributed by atoms with E-state index in [9.17, 15) is 9.59 Å². The maximum atomic E-state index is 12.3. The first-order valence-corrected chi connectivity index (χ1v) is 8.48. The number of aromatic nitrogens is 2. The number of aryl methyl sites for hydroxylation is 1. The number of hydrogen-bond acceptors (Lipinski definition) is 6. The Labute approximate surface area is 156 Å². The molecule has 2 aromatic heterocycles. The van der Waals surface area contributed by atoms with Crippen LogP contribution in [0.3, 0.4) is 0 Å². The summed E-state index contributed by atoms with van der Waals surface area (Å²) in [5, 5.41) is 0. The molecule has 0 amide bonds. The molecule has 0 atom stereocenters. The number of benzene rings is 1. The van der Waals surface area contributed by atoms with Crippen molar-refractivity contribution < 1.29 is 19.0 Å². The first-order chi connectivity index (χ1) is 13.0. The second kappa shape index (κ2) is 7.90. The average Bonchev–Trinajstić information content (AvgIpc) is 2.67. The second-order valence-electron chi connectivity index (χ2n) is 5.90. The van der Waals surface area contributed by atoms with E-state index in [2.05, 4.69) is 4.98 Å². The number of esters is 1. The summed E-state index contributed by atoms with van der Waals surface area (Å²) in [5.74, 6) is 0.462. The van der Waals surface area contributed by atoms with E-state index in [1.165, 1.54) is 17.6 Å². The van der Waals surface area contributed by atoms with Gasteiger partial charge in [-0.15, -0.1) is 0 Å².